The van der Waals surface area contributed by atoms with Gasteiger partial charge in [0.2, 0.25) is 0 Å². The number of carboxylic acids is 1. The second-order valence-corrected chi connectivity index (χ2v) is 5.14. The van der Waals surface area contributed by atoms with E-state index in [1.807, 2.05) is 0 Å². The fraction of sp³-hybridized carbons (Fsp3) is 0.588. The number of hydrogen-bond donors (Lipinski definition) is 1. The molecule has 0 aliphatic rings. The molecule has 4 heteroatoms. The molecular formula is C17H26O4. The molecule has 4 nitrogen and oxygen atoms in total. The van der Waals surface area contributed by atoms with Gasteiger partial charge < -0.3 is 14.6 Å². The second-order valence-electron chi connectivity index (χ2n) is 5.14. The van der Waals surface area contributed by atoms with Gasteiger partial charge in [0.25, 0.3) is 0 Å². The van der Waals surface area contributed by atoms with E-state index in [9.17, 15) is 4.79 Å². The zero-order valence-corrected chi connectivity index (χ0v) is 13.1. The summed E-state index contributed by atoms with van der Waals surface area (Å²) in [4.78, 5) is 11.1. The van der Waals surface area contributed by atoms with Crippen molar-refractivity contribution >= 4 is 5.97 Å². The molecule has 0 aliphatic carbocycles. The molecule has 0 unspecified atom stereocenters. The van der Waals surface area contributed by atoms with Crippen LogP contribution in [-0.4, -0.2) is 24.8 Å². The normalized spacial score (nSPS) is 10.4. The molecule has 1 N–H and O–H groups in total. The minimum atomic E-state index is -0.979. The summed E-state index contributed by atoms with van der Waals surface area (Å²) in [5, 5.41) is 9.13. The van der Waals surface area contributed by atoms with E-state index < -0.39 is 5.97 Å². The molecule has 21 heavy (non-hydrogen) atoms. The topological polar surface area (TPSA) is 55.8 Å². The van der Waals surface area contributed by atoms with Crippen LogP contribution >= 0.6 is 0 Å². The highest BCUT2D eigenvalue weighted by Crippen LogP contribution is 2.25. The van der Waals surface area contributed by atoms with Crippen molar-refractivity contribution in [1.82, 2.24) is 0 Å². The maximum atomic E-state index is 11.1. The fourth-order valence-corrected chi connectivity index (χ4v) is 2.17. The Morgan fingerprint density at radius 2 is 1.76 bits per heavy atom. The predicted octanol–water partition coefficient (Wildman–Crippen LogP) is 4.52. The first kappa shape index (κ1) is 17.3. The van der Waals surface area contributed by atoms with Crippen LogP contribution in [0, 0.1) is 0 Å². The Morgan fingerprint density at radius 3 is 2.38 bits per heavy atom. The molecule has 0 heterocycles. The third kappa shape index (κ3) is 6.52. The van der Waals surface area contributed by atoms with Gasteiger partial charge in [-0.25, -0.2) is 4.79 Å². The van der Waals surface area contributed by atoms with Crippen LogP contribution < -0.4 is 9.47 Å². The molecule has 0 aromatic heterocycles. The fourth-order valence-electron chi connectivity index (χ4n) is 2.17. The van der Waals surface area contributed by atoms with Crippen molar-refractivity contribution in [1.29, 1.82) is 0 Å². The first-order chi connectivity index (χ1) is 10.2. The van der Waals surface area contributed by atoms with Gasteiger partial charge in [-0.15, -0.1) is 0 Å². The molecule has 1 rings (SSSR count). The lowest BCUT2D eigenvalue weighted by molar-refractivity contribution is 0.0692. The molecule has 0 aliphatic heterocycles. The molecule has 0 saturated heterocycles. The van der Waals surface area contributed by atoms with E-state index in [0.29, 0.717) is 18.1 Å². The quantitative estimate of drug-likeness (QED) is 0.609. The lowest BCUT2D eigenvalue weighted by atomic mass is 10.1. The standard InChI is InChI=1S/C17H26O4/c1-3-4-5-6-7-8-9-12-21-16-13-14(20-2)10-11-15(16)17(18)19/h10-11,13H,3-9,12H2,1-2H3,(H,18,19). The summed E-state index contributed by atoms with van der Waals surface area (Å²) in [6.45, 7) is 2.75. The Labute approximate surface area is 127 Å². The van der Waals surface area contributed by atoms with Crippen molar-refractivity contribution in [3.63, 3.8) is 0 Å². The van der Waals surface area contributed by atoms with Gasteiger partial charge in [-0.2, -0.15) is 0 Å². The predicted molar refractivity (Wildman–Crippen MR) is 83.4 cm³/mol. The SMILES string of the molecule is CCCCCCCCCOc1cc(OC)ccc1C(=O)O. The smallest absolute Gasteiger partial charge is 0.339 e. The highest BCUT2D eigenvalue weighted by molar-refractivity contribution is 5.91. The van der Waals surface area contributed by atoms with Gasteiger partial charge in [-0.1, -0.05) is 45.4 Å². The van der Waals surface area contributed by atoms with Crippen LogP contribution in [0.1, 0.15) is 62.2 Å². The Balaban J connectivity index is 2.35. The van der Waals surface area contributed by atoms with E-state index in [-0.39, 0.29) is 5.56 Å². The second kappa shape index (κ2) is 10.1. The van der Waals surface area contributed by atoms with Gasteiger partial charge in [0.05, 0.1) is 13.7 Å². The molecule has 0 amide bonds. The highest BCUT2D eigenvalue weighted by atomic mass is 16.5. The van der Waals surface area contributed by atoms with E-state index in [2.05, 4.69) is 6.92 Å². The number of methoxy groups -OCH3 is 1. The first-order valence-corrected chi connectivity index (χ1v) is 7.73. The molecule has 0 fully saturated rings. The van der Waals surface area contributed by atoms with E-state index in [1.165, 1.54) is 38.2 Å². The summed E-state index contributed by atoms with van der Waals surface area (Å²) in [6.07, 6.45) is 8.43. The number of rotatable bonds is 11. The van der Waals surface area contributed by atoms with Crippen molar-refractivity contribution < 1.29 is 19.4 Å². The number of unbranched alkanes of at least 4 members (excludes halogenated alkanes) is 6. The molecule has 0 bridgehead atoms. The van der Waals surface area contributed by atoms with Crippen molar-refractivity contribution in [2.45, 2.75) is 51.9 Å². The van der Waals surface area contributed by atoms with Crippen molar-refractivity contribution in [3.05, 3.63) is 23.8 Å². The zero-order chi connectivity index (χ0) is 15.5. The number of carboxylic acid groups (broad SMARTS) is 1. The Kier molecular flexibility index (Phi) is 8.32. The average molecular weight is 294 g/mol. The van der Waals surface area contributed by atoms with Crippen molar-refractivity contribution in [3.8, 4) is 11.5 Å². The van der Waals surface area contributed by atoms with Crippen molar-refractivity contribution in [2.24, 2.45) is 0 Å². The third-order valence-electron chi connectivity index (χ3n) is 3.42. The molecular weight excluding hydrogens is 268 g/mol. The van der Waals surface area contributed by atoms with Crippen LogP contribution in [0.5, 0.6) is 11.5 Å². The number of hydrogen-bond acceptors (Lipinski definition) is 3. The minimum Gasteiger partial charge on any atom is -0.497 e. The van der Waals surface area contributed by atoms with Crippen LogP contribution in [0.3, 0.4) is 0 Å². The lowest BCUT2D eigenvalue weighted by Gasteiger charge is -2.10. The maximum absolute atomic E-state index is 11.1. The molecule has 0 spiro atoms. The molecule has 0 atom stereocenters. The van der Waals surface area contributed by atoms with Crippen LogP contribution in [0.15, 0.2) is 18.2 Å². The summed E-state index contributed by atoms with van der Waals surface area (Å²) in [7, 11) is 1.55. The summed E-state index contributed by atoms with van der Waals surface area (Å²) < 4.78 is 10.7. The average Bonchev–Trinajstić information content (AvgIpc) is 2.49. The van der Waals surface area contributed by atoms with Crippen LogP contribution in [0.4, 0.5) is 0 Å². The largest absolute Gasteiger partial charge is 0.497 e. The summed E-state index contributed by atoms with van der Waals surface area (Å²) in [6, 6.07) is 4.77. The summed E-state index contributed by atoms with van der Waals surface area (Å²) in [5.41, 5.74) is 0.179. The molecule has 1 aromatic rings. The van der Waals surface area contributed by atoms with Gasteiger partial charge in [-0.3, -0.25) is 0 Å². The van der Waals surface area contributed by atoms with Gasteiger partial charge in [0.1, 0.15) is 17.1 Å². The lowest BCUT2D eigenvalue weighted by Crippen LogP contribution is -2.05. The van der Waals surface area contributed by atoms with E-state index >= 15 is 0 Å². The Bertz CT molecular complexity index is 429. The van der Waals surface area contributed by atoms with Crippen LogP contribution in [-0.2, 0) is 0 Å². The molecule has 0 saturated carbocycles. The summed E-state index contributed by atoms with van der Waals surface area (Å²) in [5.74, 6) is 0.00890. The zero-order valence-electron chi connectivity index (χ0n) is 13.1. The van der Waals surface area contributed by atoms with Crippen LogP contribution in [0.25, 0.3) is 0 Å². The molecule has 0 radical (unpaired) electrons. The Hall–Kier alpha value is -1.71. The molecule has 118 valence electrons. The maximum Gasteiger partial charge on any atom is 0.339 e. The van der Waals surface area contributed by atoms with Gasteiger partial charge in [0.15, 0.2) is 0 Å². The third-order valence-corrected chi connectivity index (χ3v) is 3.42. The highest BCUT2D eigenvalue weighted by Gasteiger charge is 2.12. The number of carbonyl (C=O) groups is 1. The first-order valence-electron chi connectivity index (χ1n) is 7.73. The monoisotopic (exact) mass is 294 g/mol. The number of aromatic carboxylic acids is 1. The molecule has 1 aromatic carbocycles. The van der Waals surface area contributed by atoms with Gasteiger partial charge >= 0.3 is 5.97 Å². The number of ether oxygens (including phenoxy) is 2. The Morgan fingerprint density at radius 1 is 1.10 bits per heavy atom. The summed E-state index contributed by atoms with van der Waals surface area (Å²) >= 11 is 0. The number of benzene rings is 1. The van der Waals surface area contributed by atoms with Crippen molar-refractivity contribution in [2.75, 3.05) is 13.7 Å². The van der Waals surface area contributed by atoms with E-state index in [1.54, 1.807) is 19.2 Å². The van der Waals surface area contributed by atoms with E-state index in [4.69, 9.17) is 14.6 Å². The van der Waals surface area contributed by atoms with E-state index in [0.717, 1.165) is 12.8 Å². The van der Waals surface area contributed by atoms with Gasteiger partial charge in [0, 0.05) is 6.07 Å². The minimum absolute atomic E-state index is 0.179. The van der Waals surface area contributed by atoms with Crippen LogP contribution in [0.2, 0.25) is 0 Å². The van der Waals surface area contributed by atoms with Gasteiger partial charge in [-0.05, 0) is 18.6 Å².